The lowest BCUT2D eigenvalue weighted by molar-refractivity contribution is -0.140. The first-order valence-corrected chi connectivity index (χ1v) is 10.2. The van der Waals surface area contributed by atoms with E-state index in [0.29, 0.717) is 23.5 Å². The summed E-state index contributed by atoms with van der Waals surface area (Å²) in [5.74, 6) is -1.36. The van der Waals surface area contributed by atoms with Crippen LogP contribution in [-0.2, 0) is 14.3 Å². The number of amides is 1. The Morgan fingerprint density at radius 1 is 1.09 bits per heavy atom. The summed E-state index contributed by atoms with van der Waals surface area (Å²) in [6.07, 6.45) is 0. The molecule has 8 nitrogen and oxygen atoms in total. The second-order valence-corrected chi connectivity index (χ2v) is 7.35. The number of benzene rings is 2. The molecule has 0 aliphatic carbocycles. The van der Waals surface area contributed by atoms with Gasteiger partial charge in [0.15, 0.2) is 11.5 Å². The van der Waals surface area contributed by atoms with Crippen LogP contribution in [0, 0.1) is 6.92 Å². The van der Waals surface area contributed by atoms with E-state index in [1.54, 1.807) is 31.2 Å². The van der Waals surface area contributed by atoms with E-state index in [1.165, 1.54) is 25.2 Å². The van der Waals surface area contributed by atoms with Crippen molar-refractivity contribution in [2.24, 2.45) is 0 Å². The molecule has 0 radical (unpaired) electrons. The van der Waals surface area contributed by atoms with Crippen molar-refractivity contribution in [3.05, 3.63) is 58.7 Å². The van der Waals surface area contributed by atoms with E-state index in [1.807, 2.05) is 13.0 Å². The quantitative estimate of drug-likeness (QED) is 0.368. The minimum absolute atomic E-state index is 0.0650. The average Bonchev–Trinajstić information content (AvgIpc) is 3.03. The topological polar surface area (TPSA) is 106 Å². The third kappa shape index (κ3) is 4.27. The Labute approximate surface area is 186 Å². The van der Waals surface area contributed by atoms with Crippen LogP contribution in [0.2, 0.25) is 0 Å². The zero-order valence-electron chi connectivity index (χ0n) is 18.5. The van der Waals surface area contributed by atoms with Gasteiger partial charge in [0.1, 0.15) is 11.5 Å². The largest absolute Gasteiger partial charge is 0.507 e. The van der Waals surface area contributed by atoms with Crippen LogP contribution in [0.3, 0.4) is 0 Å². The van der Waals surface area contributed by atoms with Crippen LogP contribution in [0.1, 0.15) is 29.7 Å². The molecule has 1 atom stereocenters. The molecule has 2 N–H and O–H groups in total. The van der Waals surface area contributed by atoms with Gasteiger partial charge >= 0.3 is 0 Å². The molecule has 1 unspecified atom stereocenters. The number of nitrogens with zero attached hydrogens (tertiary/aromatic N) is 1. The highest BCUT2D eigenvalue weighted by atomic mass is 16.5. The fraction of sp³-hybridized carbons (Fsp3) is 0.333. The van der Waals surface area contributed by atoms with Gasteiger partial charge in [-0.2, -0.15) is 0 Å². The number of carbonyl (C=O) groups excluding carboxylic acids is 2. The highest BCUT2D eigenvalue weighted by molar-refractivity contribution is 6.46. The molecule has 0 bridgehead atoms. The van der Waals surface area contributed by atoms with Crippen molar-refractivity contribution < 1.29 is 34.0 Å². The second-order valence-electron chi connectivity index (χ2n) is 7.35. The summed E-state index contributed by atoms with van der Waals surface area (Å²) in [5, 5.41) is 21.3. The van der Waals surface area contributed by atoms with Gasteiger partial charge in [0, 0.05) is 13.7 Å². The molecule has 0 saturated carbocycles. The molecule has 3 rings (SSSR count). The number of hydrogen-bond donors (Lipinski definition) is 2. The summed E-state index contributed by atoms with van der Waals surface area (Å²) in [6.45, 7) is 4.29. The Morgan fingerprint density at radius 2 is 1.84 bits per heavy atom. The molecule has 2 aromatic rings. The van der Waals surface area contributed by atoms with Crippen molar-refractivity contribution in [3.63, 3.8) is 0 Å². The first-order valence-electron chi connectivity index (χ1n) is 10.2. The molecule has 8 heteroatoms. The minimum Gasteiger partial charge on any atom is -0.507 e. The number of aryl methyl sites for hydroxylation is 1. The third-order valence-corrected chi connectivity index (χ3v) is 5.29. The SMILES string of the molecule is CCOc1cc(C2/C(=C(\O)c3cc(C)ccc3OC)C(=O)C(=O)N2CCOC)ccc1O. The van der Waals surface area contributed by atoms with Crippen LogP contribution in [0.5, 0.6) is 17.2 Å². The molecule has 0 aromatic heterocycles. The van der Waals surface area contributed by atoms with Gasteiger partial charge in [-0.25, -0.2) is 0 Å². The van der Waals surface area contributed by atoms with Crippen LogP contribution >= 0.6 is 0 Å². The lowest BCUT2D eigenvalue weighted by atomic mass is 9.94. The molecule has 1 saturated heterocycles. The Hall–Kier alpha value is -3.52. The number of carbonyl (C=O) groups is 2. The normalized spacial score (nSPS) is 17.6. The van der Waals surface area contributed by atoms with Crippen LogP contribution in [-0.4, -0.2) is 60.8 Å². The van der Waals surface area contributed by atoms with Crippen molar-refractivity contribution in [1.29, 1.82) is 0 Å². The maximum absolute atomic E-state index is 13.1. The number of rotatable bonds is 8. The maximum atomic E-state index is 13.1. The minimum atomic E-state index is -0.893. The first-order chi connectivity index (χ1) is 15.3. The number of likely N-dealkylation sites (tertiary alicyclic amines) is 1. The van der Waals surface area contributed by atoms with E-state index in [-0.39, 0.29) is 36.0 Å². The summed E-state index contributed by atoms with van der Waals surface area (Å²) in [6, 6.07) is 8.90. The van der Waals surface area contributed by atoms with Crippen LogP contribution in [0.15, 0.2) is 42.0 Å². The van der Waals surface area contributed by atoms with Crippen molar-refractivity contribution in [3.8, 4) is 17.2 Å². The Kier molecular flexibility index (Phi) is 7.05. The fourth-order valence-corrected chi connectivity index (χ4v) is 3.77. The monoisotopic (exact) mass is 441 g/mol. The van der Waals surface area contributed by atoms with Gasteiger partial charge in [0.25, 0.3) is 11.7 Å². The second kappa shape index (κ2) is 9.74. The third-order valence-electron chi connectivity index (χ3n) is 5.29. The van der Waals surface area contributed by atoms with Gasteiger partial charge in [-0.15, -0.1) is 0 Å². The molecular weight excluding hydrogens is 414 g/mol. The van der Waals surface area contributed by atoms with Crippen molar-refractivity contribution in [2.75, 3.05) is 34.0 Å². The molecule has 170 valence electrons. The van der Waals surface area contributed by atoms with Crippen LogP contribution in [0.25, 0.3) is 5.76 Å². The van der Waals surface area contributed by atoms with E-state index in [0.717, 1.165) is 5.56 Å². The summed E-state index contributed by atoms with van der Waals surface area (Å²) in [7, 11) is 2.96. The predicted octanol–water partition coefficient (Wildman–Crippen LogP) is 3.18. The summed E-state index contributed by atoms with van der Waals surface area (Å²) in [4.78, 5) is 27.3. The number of Topliss-reactive ketones (excluding diaryl/α,β-unsaturated/α-hetero) is 1. The fourth-order valence-electron chi connectivity index (χ4n) is 3.77. The van der Waals surface area contributed by atoms with E-state index < -0.39 is 17.7 Å². The molecule has 0 spiro atoms. The molecule has 1 aliphatic rings. The Balaban J connectivity index is 2.24. The number of hydrogen-bond acceptors (Lipinski definition) is 7. The van der Waals surface area contributed by atoms with Gasteiger partial charge in [-0.05, 0) is 43.7 Å². The summed E-state index contributed by atoms with van der Waals surface area (Å²) >= 11 is 0. The van der Waals surface area contributed by atoms with E-state index >= 15 is 0 Å². The Bertz CT molecular complexity index is 1060. The predicted molar refractivity (Wildman–Crippen MR) is 118 cm³/mol. The summed E-state index contributed by atoms with van der Waals surface area (Å²) in [5.41, 5.74) is 1.60. The number of phenols is 1. The number of aliphatic hydroxyl groups excluding tert-OH is 1. The number of ether oxygens (including phenoxy) is 3. The average molecular weight is 441 g/mol. The van der Waals surface area contributed by atoms with E-state index in [4.69, 9.17) is 14.2 Å². The zero-order chi connectivity index (χ0) is 23.4. The zero-order valence-corrected chi connectivity index (χ0v) is 18.5. The number of ketones is 1. The van der Waals surface area contributed by atoms with E-state index in [2.05, 4.69) is 0 Å². The van der Waals surface area contributed by atoms with Gasteiger partial charge in [0.2, 0.25) is 0 Å². The molecule has 2 aromatic carbocycles. The molecule has 32 heavy (non-hydrogen) atoms. The number of aromatic hydroxyl groups is 1. The van der Waals surface area contributed by atoms with Crippen molar-refractivity contribution in [1.82, 2.24) is 4.90 Å². The first kappa shape index (κ1) is 23.1. The lowest BCUT2D eigenvalue weighted by Crippen LogP contribution is -2.32. The number of aliphatic hydroxyl groups is 1. The molecule has 1 amide bonds. The van der Waals surface area contributed by atoms with Gasteiger partial charge < -0.3 is 29.3 Å². The lowest BCUT2D eigenvalue weighted by Gasteiger charge is -2.25. The highest BCUT2D eigenvalue weighted by Gasteiger charge is 2.46. The molecular formula is C24H27NO7. The number of phenolic OH excluding ortho intramolecular Hbond substituents is 1. The summed E-state index contributed by atoms with van der Waals surface area (Å²) < 4.78 is 16.0. The molecule has 1 aliphatic heterocycles. The van der Waals surface area contributed by atoms with E-state index in [9.17, 15) is 19.8 Å². The van der Waals surface area contributed by atoms with Crippen LogP contribution in [0.4, 0.5) is 0 Å². The molecule has 1 fully saturated rings. The standard InChI is InChI=1S/C24H27NO7/c1-5-32-19-13-15(7-8-17(19)26)21-20(23(28)24(29)25(21)10-11-30-3)22(27)16-12-14(2)6-9-18(16)31-4/h6-9,12-13,21,26-27H,5,10-11H2,1-4H3/b22-20+. The van der Waals surface area contributed by atoms with Gasteiger partial charge in [0.05, 0.1) is 37.5 Å². The van der Waals surface area contributed by atoms with Crippen molar-refractivity contribution in [2.45, 2.75) is 19.9 Å². The van der Waals surface area contributed by atoms with Gasteiger partial charge in [-0.1, -0.05) is 17.7 Å². The smallest absolute Gasteiger partial charge is 0.295 e. The van der Waals surface area contributed by atoms with Crippen LogP contribution < -0.4 is 9.47 Å². The Morgan fingerprint density at radius 3 is 2.50 bits per heavy atom. The highest BCUT2D eigenvalue weighted by Crippen LogP contribution is 2.42. The maximum Gasteiger partial charge on any atom is 0.295 e. The van der Waals surface area contributed by atoms with Gasteiger partial charge in [-0.3, -0.25) is 9.59 Å². The number of methoxy groups -OCH3 is 2. The molecule has 1 heterocycles. The van der Waals surface area contributed by atoms with Crippen molar-refractivity contribution >= 4 is 17.4 Å².